The summed E-state index contributed by atoms with van der Waals surface area (Å²) in [5, 5.41) is 30.0. The first-order valence-electron chi connectivity index (χ1n) is 6.21. The molecule has 100 valence electrons. The van der Waals surface area contributed by atoms with Gasteiger partial charge in [0, 0.05) is 5.92 Å². The lowest BCUT2D eigenvalue weighted by Gasteiger charge is -2.32. The molecule has 1 aliphatic rings. The van der Waals surface area contributed by atoms with Crippen LogP contribution in [0.5, 0.6) is 0 Å². The number of rotatable bonds is 5. The number of carbonyl (C=O) groups excluding carboxylic acids is 1. The van der Waals surface area contributed by atoms with Crippen LogP contribution in [0.25, 0.3) is 0 Å². The summed E-state index contributed by atoms with van der Waals surface area (Å²) in [6, 6.07) is 0. The van der Waals surface area contributed by atoms with Gasteiger partial charge >= 0.3 is 0 Å². The molecular weight excluding hydrogens is 222 g/mol. The van der Waals surface area contributed by atoms with Crippen LogP contribution in [0.15, 0.2) is 0 Å². The van der Waals surface area contributed by atoms with E-state index >= 15 is 0 Å². The molecule has 1 rings (SSSR count). The van der Waals surface area contributed by atoms with Gasteiger partial charge in [-0.05, 0) is 31.6 Å². The fourth-order valence-corrected chi connectivity index (χ4v) is 2.15. The van der Waals surface area contributed by atoms with Crippen molar-refractivity contribution in [3.8, 4) is 0 Å². The second kappa shape index (κ2) is 6.33. The molecule has 1 fully saturated rings. The average Bonchev–Trinajstić information content (AvgIpc) is 2.37. The molecule has 17 heavy (non-hydrogen) atoms. The van der Waals surface area contributed by atoms with E-state index in [0.717, 1.165) is 25.7 Å². The van der Waals surface area contributed by atoms with Gasteiger partial charge in [-0.15, -0.1) is 0 Å². The normalized spacial score (nSPS) is 25.6. The molecule has 0 aliphatic heterocycles. The molecule has 5 nitrogen and oxygen atoms in total. The average molecular weight is 245 g/mol. The number of hydrogen-bond acceptors (Lipinski definition) is 4. The number of carbonyl (C=O) groups is 1. The van der Waals surface area contributed by atoms with Gasteiger partial charge in [-0.1, -0.05) is 6.92 Å². The first kappa shape index (κ1) is 14.4. The molecule has 0 saturated heterocycles. The summed E-state index contributed by atoms with van der Waals surface area (Å²) in [6.07, 6.45) is 3.74. The Balaban J connectivity index is 2.53. The number of hydrogen-bond donors (Lipinski definition) is 4. The highest BCUT2D eigenvalue weighted by molar-refractivity contribution is 5.79. The van der Waals surface area contributed by atoms with E-state index in [4.69, 9.17) is 15.3 Å². The fraction of sp³-hybridized carbons (Fsp3) is 0.917. The predicted molar refractivity (Wildman–Crippen MR) is 63.3 cm³/mol. The first-order chi connectivity index (χ1) is 8.06. The molecule has 1 amide bonds. The standard InChI is InChI=1S/C12H23NO4/c1-9-2-4-10(5-3-9)11(17)13-12(6-14,7-15)8-16/h9-10,14-16H,2-8H2,1H3,(H,13,17). The second-order valence-electron chi connectivity index (χ2n) is 5.20. The van der Waals surface area contributed by atoms with Crippen LogP contribution < -0.4 is 5.32 Å². The minimum absolute atomic E-state index is 0.0600. The number of aliphatic hydroxyl groups is 3. The van der Waals surface area contributed by atoms with Crippen molar-refractivity contribution in [2.24, 2.45) is 11.8 Å². The molecular formula is C12H23NO4. The highest BCUT2D eigenvalue weighted by Gasteiger charge is 2.33. The van der Waals surface area contributed by atoms with Crippen molar-refractivity contribution in [2.45, 2.75) is 38.1 Å². The zero-order valence-electron chi connectivity index (χ0n) is 10.4. The van der Waals surface area contributed by atoms with Gasteiger partial charge in [0.15, 0.2) is 0 Å². The molecule has 0 aromatic carbocycles. The van der Waals surface area contributed by atoms with Gasteiger partial charge in [0.2, 0.25) is 5.91 Å². The zero-order chi connectivity index (χ0) is 12.9. The van der Waals surface area contributed by atoms with E-state index in [1.165, 1.54) is 0 Å². The Morgan fingerprint density at radius 2 is 1.59 bits per heavy atom. The van der Waals surface area contributed by atoms with Crippen molar-refractivity contribution in [3.63, 3.8) is 0 Å². The summed E-state index contributed by atoms with van der Waals surface area (Å²) in [7, 11) is 0. The highest BCUT2D eigenvalue weighted by Crippen LogP contribution is 2.28. The van der Waals surface area contributed by atoms with Gasteiger partial charge in [-0.2, -0.15) is 0 Å². The molecule has 5 heteroatoms. The third-order valence-electron chi connectivity index (χ3n) is 3.68. The molecule has 1 saturated carbocycles. The van der Waals surface area contributed by atoms with Crippen LogP contribution in [0.1, 0.15) is 32.6 Å². The molecule has 0 heterocycles. The van der Waals surface area contributed by atoms with E-state index in [2.05, 4.69) is 12.2 Å². The molecule has 0 bridgehead atoms. The van der Waals surface area contributed by atoms with Crippen molar-refractivity contribution in [2.75, 3.05) is 19.8 Å². The summed E-state index contributed by atoms with van der Waals surface area (Å²) >= 11 is 0. The Bertz CT molecular complexity index is 237. The van der Waals surface area contributed by atoms with Gasteiger partial charge in [-0.3, -0.25) is 4.79 Å². The summed E-state index contributed by atoms with van der Waals surface area (Å²) < 4.78 is 0. The molecule has 0 radical (unpaired) electrons. The van der Waals surface area contributed by atoms with Crippen LogP contribution in [0.3, 0.4) is 0 Å². The Kier molecular flexibility index (Phi) is 5.36. The number of aliphatic hydroxyl groups excluding tert-OH is 3. The maximum atomic E-state index is 12.0. The fourth-order valence-electron chi connectivity index (χ4n) is 2.15. The predicted octanol–water partition coefficient (Wildman–Crippen LogP) is -0.355. The van der Waals surface area contributed by atoms with E-state index in [1.54, 1.807) is 0 Å². The molecule has 1 aliphatic carbocycles. The Labute approximate surface area is 102 Å². The lowest BCUT2D eigenvalue weighted by molar-refractivity contribution is -0.130. The van der Waals surface area contributed by atoms with Crippen molar-refractivity contribution >= 4 is 5.91 Å². The van der Waals surface area contributed by atoms with Gasteiger partial charge in [-0.25, -0.2) is 0 Å². The second-order valence-corrected chi connectivity index (χ2v) is 5.20. The monoisotopic (exact) mass is 245 g/mol. The SMILES string of the molecule is CC1CCC(C(=O)NC(CO)(CO)CO)CC1. The molecule has 0 atom stereocenters. The van der Waals surface area contributed by atoms with E-state index < -0.39 is 25.4 Å². The lowest BCUT2D eigenvalue weighted by atomic mass is 9.82. The summed E-state index contributed by atoms with van der Waals surface area (Å²) in [5.41, 5.74) is -1.29. The first-order valence-corrected chi connectivity index (χ1v) is 6.21. The van der Waals surface area contributed by atoms with Crippen LogP contribution in [0.4, 0.5) is 0 Å². The molecule has 0 unspecified atom stereocenters. The largest absolute Gasteiger partial charge is 0.394 e. The van der Waals surface area contributed by atoms with E-state index in [1.807, 2.05) is 0 Å². The van der Waals surface area contributed by atoms with E-state index in [0.29, 0.717) is 5.92 Å². The highest BCUT2D eigenvalue weighted by atomic mass is 16.3. The Morgan fingerprint density at radius 1 is 1.12 bits per heavy atom. The van der Waals surface area contributed by atoms with E-state index in [-0.39, 0.29) is 11.8 Å². The van der Waals surface area contributed by atoms with Crippen LogP contribution in [0, 0.1) is 11.8 Å². The summed E-state index contributed by atoms with van der Waals surface area (Å²) in [5.74, 6) is 0.432. The minimum atomic E-state index is -1.29. The van der Waals surface area contributed by atoms with Crippen LogP contribution in [-0.4, -0.2) is 46.6 Å². The van der Waals surface area contributed by atoms with Crippen molar-refractivity contribution in [3.05, 3.63) is 0 Å². The third kappa shape index (κ3) is 3.66. The van der Waals surface area contributed by atoms with Gasteiger partial charge in [0.1, 0.15) is 5.54 Å². The van der Waals surface area contributed by atoms with Crippen molar-refractivity contribution < 1.29 is 20.1 Å². The maximum Gasteiger partial charge on any atom is 0.223 e. The van der Waals surface area contributed by atoms with E-state index in [9.17, 15) is 4.79 Å². The summed E-state index contributed by atoms with van der Waals surface area (Å²) in [4.78, 5) is 12.0. The zero-order valence-corrected chi connectivity index (χ0v) is 10.4. The molecule has 4 N–H and O–H groups in total. The van der Waals surface area contributed by atoms with Gasteiger partial charge < -0.3 is 20.6 Å². The topological polar surface area (TPSA) is 89.8 Å². The van der Waals surface area contributed by atoms with Crippen LogP contribution in [0.2, 0.25) is 0 Å². The van der Waals surface area contributed by atoms with Crippen molar-refractivity contribution in [1.82, 2.24) is 5.32 Å². The van der Waals surface area contributed by atoms with Gasteiger partial charge in [0.05, 0.1) is 19.8 Å². The quantitative estimate of drug-likeness (QED) is 0.533. The minimum Gasteiger partial charge on any atom is -0.394 e. The lowest BCUT2D eigenvalue weighted by Crippen LogP contribution is -2.58. The number of amides is 1. The molecule has 0 aromatic heterocycles. The van der Waals surface area contributed by atoms with Crippen LogP contribution >= 0.6 is 0 Å². The number of nitrogens with one attached hydrogen (secondary N) is 1. The van der Waals surface area contributed by atoms with Gasteiger partial charge in [0.25, 0.3) is 0 Å². The van der Waals surface area contributed by atoms with Crippen LogP contribution in [-0.2, 0) is 4.79 Å². The van der Waals surface area contributed by atoms with Crippen molar-refractivity contribution in [1.29, 1.82) is 0 Å². The summed E-state index contributed by atoms with van der Waals surface area (Å²) in [6.45, 7) is 0.784. The Morgan fingerprint density at radius 3 is 2.00 bits per heavy atom. The molecule has 0 spiro atoms. The smallest absolute Gasteiger partial charge is 0.223 e. The molecule has 0 aromatic rings. The maximum absolute atomic E-state index is 12.0. The Hall–Kier alpha value is -0.650. The third-order valence-corrected chi connectivity index (χ3v) is 3.68.